The van der Waals surface area contributed by atoms with Crippen molar-refractivity contribution in [1.82, 2.24) is 4.98 Å². The first-order chi connectivity index (χ1) is 9.91. The molecule has 0 spiro atoms. The Kier molecular flexibility index (Phi) is 4.73. The number of alkyl halides is 4. The molecular formula is C15H14ClF3N2. The monoisotopic (exact) mass is 314 g/mol. The average Bonchev–Trinajstić information content (AvgIpc) is 2.46. The Bertz CT molecular complexity index is 600. The first kappa shape index (κ1) is 15.6. The van der Waals surface area contributed by atoms with E-state index in [0.29, 0.717) is 12.2 Å². The Balaban J connectivity index is 2.28. The average molecular weight is 315 g/mol. The van der Waals surface area contributed by atoms with Crippen LogP contribution in [0.5, 0.6) is 0 Å². The van der Waals surface area contributed by atoms with Crippen molar-refractivity contribution in [1.29, 1.82) is 0 Å². The van der Waals surface area contributed by atoms with Gasteiger partial charge in [-0.15, -0.1) is 11.6 Å². The van der Waals surface area contributed by atoms with Crippen LogP contribution in [0.3, 0.4) is 0 Å². The number of hydrogen-bond donors (Lipinski definition) is 0. The summed E-state index contributed by atoms with van der Waals surface area (Å²) in [6, 6.07) is 9.64. The van der Waals surface area contributed by atoms with Gasteiger partial charge in [0, 0.05) is 24.8 Å². The maximum absolute atomic E-state index is 13.0. The number of rotatable bonds is 4. The minimum atomic E-state index is -4.41. The van der Waals surface area contributed by atoms with E-state index in [1.165, 1.54) is 6.07 Å². The second kappa shape index (κ2) is 6.35. The Morgan fingerprint density at radius 2 is 1.95 bits per heavy atom. The zero-order valence-electron chi connectivity index (χ0n) is 11.4. The summed E-state index contributed by atoms with van der Waals surface area (Å²) < 4.78 is 39.0. The highest BCUT2D eigenvalue weighted by molar-refractivity contribution is 6.17. The minimum Gasteiger partial charge on any atom is -0.369 e. The highest BCUT2D eigenvalue weighted by atomic mass is 35.5. The summed E-state index contributed by atoms with van der Waals surface area (Å²) in [5.41, 5.74) is 0.652. The van der Waals surface area contributed by atoms with Gasteiger partial charge in [0.05, 0.1) is 17.8 Å². The third-order valence-electron chi connectivity index (χ3n) is 3.11. The molecule has 2 rings (SSSR count). The van der Waals surface area contributed by atoms with Gasteiger partial charge in [-0.1, -0.05) is 12.1 Å². The topological polar surface area (TPSA) is 16.1 Å². The Morgan fingerprint density at radius 3 is 2.52 bits per heavy atom. The van der Waals surface area contributed by atoms with Crippen LogP contribution in [0.15, 0.2) is 42.6 Å². The highest BCUT2D eigenvalue weighted by Crippen LogP contribution is 2.35. The van der Waals surface area contributed by atoms with Gasteiger partial charge < -0.3 is 4.90 Å². The summed E-state index contributed by atoms with van der Waals surface area (Å²) in [6.45, 7) is 0.429. The van der Waals surface area contributed by atoms with Gasteiger partial charge in [0.15, 0.2) is 0 Å². The molecule has 0 fully saturated rings. The normalized spacial score (nSPS) is 11.5. The first-order valence-electron chi connectivity index (χ1n) is 6.29. The molecule has 0 N–H and O–H groups in total. The molecule has 2 nitrogen and oxygen atoms in total. The zero-order chi connectivity index (χ0) is 15.5. The van der Waals surface area contributed by atoms with E-state index in [0.717, 1.165) is 11.8 Å². The maximum Gasteiger partial charge on any atom is 0.416 e. The van der Waals surface area contributed by atoms with E-state index >= 15 is 0 Å². The van der Waals surface area contributed by atoms with Crippen LogP contribution in [0.4, 0.5) is 18.9 Å². The van der Waals surface area contributed by atoms with Gasteiger partial charge in [-0.25, -0.2) is 0 Å². The molecule has 21 heavy (non-hydrogen) atoms. The standard InChI is InChI=1S/C15H14ClF3N2/c1-21(10-12-4-2-3-7-20-12)13-6-5-11(9-16)14(8-13)15(17,18)19/h2-8H,9-10H2,1H3. The number of halogens is 4. The van der Waals surface area contributed by atoms with E-state index in [-0.39, 0.29) is 11.4 Å². The highest BCUT2D eigenvalue weighted by Gasteiger charge is 2.33. The van der Waals surface area contributed by atoms with Gasteiger partial charge in [0.25, 0.3) is 0 Å². The van der Waals surface area contributed by atoms with E-state index in [9.17, 15) is 13.2 Å². The molecule has 0 atom stereocenters. The van der Waals surface area contributed by atoms with E-state index in [4.69, 9.17) is 11.6 Å². The van der Waals surface area contributed by atoms with Gasteiger partial charge in [-0.2, -0.15) is 13.2 Å². The summed E-state index contributed by atoms with van der Waals surface area (Å²) >= 11 is 5.58. The molecule has 2 aromatic rings. The van der Waals surface area contributed by atoms with Crippen molar-refractivity contribution in [2.45, 2.75) is 18.6 Å². The van der Waals surface area contributed by atoms with Crippen LogP contribution in [-0.2, 0) is 18.6 Å². The fourth-order valence-corrected chi connectivity index (χ4v) is 2.24. The molecule has 112 valence electrons. The molecule has 1 heterocycles. The molecule has 0 bridgehead atoms. The molecule has 0 amide bonds. The lowest BCUT2D eigenvalue weighted by Gasteiger charge is -2.21. The van der Waals surface area contributed by atoms with Crippen molar-refractivity contribution in [2.75, 3.05) is 11.9 Å². The second-order valence-corrected chi connectivity index (χ2v) is 4.92. The number of anilines is 1. The van der Waals surface area contributed by atoms with Crippen LogP contribution in [0.2, 0.25) is 0 Å². The van der Waals surface area contributed by atoms with Gasteiger partial charge in [-0.3, -0.25) is 4.98 Å². The van der Waals surface area contributed by atoms with Crippen molar-refractivity contribution in [2.24, 2.45) is 0 Å². The summed E-state index contributed by atoms with van der Waals surface area (Å²) in [4.78, 5) is 5.88. The molecule has 0 saturated carbocycles. The third kappa shape index (κ3) is 3.88. The molecule has 0 aliphatic heterocycles. The molecule has 0 unspecified atom stereocenters. The van der Waals surface area contributed by atoms with Crippen LogP contribution >= 0.6 is 11.6 Å². The quantitative estimate of drug-likeness (QED) is 0.774. The fraction of sp³-hybridized carbons (Fsp3) is 0.267. The number of aromatic nitrogens is 1. The van der Waals surface area contributed by atoms with E-state index in [2.05, 4.69) is 4.98 Å². The number of pyridine rings is 1. The summed E-state index contributed by atoms with van der Waals surface area (Å²) in [5, 5.41) is 0. The summed E-state index contributed by atoms with van der Waals surface area (Å²) in [5.74, 6) is -0.168. The third-order valence-corrected chi connectivity index (χ3v) is 3.40. The summed E-state index contributed by atoms with van der Waals surface area (Å²) in [6.07, 6.45) is -2.76. The minimum absolute atomic E-state index is 0.0825. The number of hydrogen-bond acceptors (Lipinski definition) is 2. The van der Waals surface area contributed by atoms with Gasteiger partial charge in [0.2, 0.25) is 0 Å². The molecule has 1 aromatic heterocycles. The van der Waals surface area contributed by atoms with Crippen molar-refractivity contribution >= 4 is 17.3 Å². The smallest absolute Gasteiger partial charge is 0.369 e. The van der Waals surface area contributed by atoms with Crippen LogP contribution in [0.25, 0.3) is 0 Å². The molecule has 0 saturated heterocycles. The van der Waals surface area contributed by atoms with Gasteiger partial charge in [-0.05, 0) is 29.8 Å². The Morgan fingerprint density at radius 1 is 1.19 bits per heavy atom. The zero-order valence-corrected chi connectivity index (χ0v) is 12.1. The molecular weight excluding hydrogens is 301 g/mol. The van der Waals surface area contributed by atoms with E-state index < -0.39 is 11.7 Å². The SMILES string of the molecule is CN(Cc1ccccn1)c1ccc(CCl)c(C(F)(F)F)c1. The van der Waals surface area contributed by atoms with Crippen LogP contribution in [-0.4, -0.2) is 12.0 Å². The molecule has 6 heteroatoms. The van der Waals surface area contributed by atoms with Crippen molar-refractivity contribution in [3.05, 3.63) is 59.4 Å². The lowest BCUT2D eigenvalue weighted by Crippen LogP contribution is -2.18. The predicted molar refractivity (Wildman–Crippen MR) is 77.3 cm³/mol. The van der Waals surface area contributed by atoms with Crippen molar-refractivity contribution in [3.8, 4) is 0 Å². The number of nitrogens with zero attached hydrogens (tertiary/aromatic N) is 2. The van der Waals surface area contributed by atoms with Crippen molar-refractivity contribution < 1.29 is 13.2 Å². The van der Waals surface area contributed by atoms with Crippen LogP contribution in [0, 0.1) is 0 Å². The lowest BCUT2D eigenvalue weighted by molar-refractivity contribution is -0.138. The predicted octanol–water partition coefficient (Wildman–Crippen LogP) is 4.48. The number of benzene rings is 1. The van der Waals surface area contributed by atoms with E-state index in [1.54, 1.807) is 30.3 Å². The van der Waals surface area contributed by atoms with Gasteiger partial charge >= 0.3 is 6.18 Å². The summed E-state index contributed by atoms with van der Waals surface area (Å²) in [7, 11) is 1.73. The lowest BCUT2D eigenvalue weighted by atomic mass is 10.1. The largest absolute Gasteiger partial charge is 0.416 e. The first-order valence-corrected chi connectivity index (χ1v) is 6.82. The maximum atomic E-state index is 13.0. The van der Waals surface area contributed by atoms with Crippen LogP contribution < -0.4 is 4.90 Å². The Labute approximate surface area is 126 Å². The van der Waals surface area contributed by atoms with E-state index in [1.807, 2.05) is 12.1 Å². The molecule has 1 aromatic carbocycles. The Hall–Kier alpha value is -1.75. The molecule has 0 aliphatic carbocycles. The van der Waals surface area contributed by atoms with Crippen molar-refractivity contribution in [3.63, 3.8) is 0 Å². The fourth-order valence-electron chi connectivity index (χ4n) is 2.01. The van der Waals surface area contributed by atoms with Crippen LogP contribution in [0.1, 0.15) is 16.8 Å². The molecule has 0 radical (unpaired) electrons. The van der Waals surface area contributed by atoms with Gasteiger partial charge in [0.1, 0.15) is 0 Å². The second-order valence-electron chi connectivity index (χ2n) is 4.65. The molecule has 0 aliphatic rings.